The van der Waals surface area contributed by atoms with Gasteiger partial charge in [-0.2, -0.15) is 0 Å². The highest BCUT2D eigenvalue weighted by Crippen LogP contribution is 2.36. The maximum atomic E-state index is 12.9. The van der Waals surface area contributed by atoms with Gasteiger partial charge in [-0.1, -0.05) is 60.4 Å². The van der Waals surface area contributed by atoms with E-state index < -0.39 is 17.9 Å². The van der Waals surface area contributed by atoms with E-state index >= 15 is 0 Å². The normalized spacial score (nSPS) is 16.3. The minimum absolute atomic E-state index is 0.00495. The lowest BCUT2D eigenvalue weighted by molar-refractivity contribution is -0.145. The number of thiocarbonyl (C=S) groups is 1. The fourth-order valence-electron chi connectivity index (χ4n) is 2.92. The summed E-state index contributed by atoms with van der Waals surface area (Å²) in [4.78, 5) is 26.3. The van der Waals surface area contributed by atoms with Gasteiger partial charge in [0.2, 0.25) is 0 Å². The fourth-order valence-corrected chi connectivity index (χ4v) is 4.27. The Morgan fingerprint density at radius 2 is 2.00 bits per heavy atom. The van der Waals surface area contributed by atoms with Crippen LogP contribution in [0.5, 0.6) is 11.5 Å². The molecule has 0 spiro atoms. The van der Waals surface area contributed by atoms with Gasteiger partial charge in [-0.05, 0) is 36.3 Å². The van der Waals surface area contributed by atoms with Crippen molar-refractivity contribution in [1.82, 2.24) is 4.90 Å². The van der Waals surface area contributed by atoms with Crippen molar-refractivity contribution in [1.29, 1.82) is 0 Å². The van der Waals surface area contributed by atoms with Gasteiger partial charge >= 0.3 is 5.97 Å². The monoisotopic (exact) mass is 429 g/mol. The van der Waals surface area contributed by atoms with Crippen LogP contribution in [0.1, 0.15) is 18.1 Å². The molecule has 0 aromatic heterocycles. The number of phenols is 1. The zero-order valence-electron chi connectivity index (χ0n) is 15.6. The SMILES string of the molecule is CCOc1cc(/C=C2/SC(=S)N([C@@H](Cc3ccccc3)C(=O)O)C2=O)ccc1O. The summed E-state index contributed by atoms with van der Waals surface area (Å²) in [6.07, 6.45) is 1.77. The Bertz CT molecular complexity index is 974. The largest absolute Gasteiger partial charge is 0.504 e. The highest BCUT2D eigenvalue weighted by atomic mass is 32.2. The van der Waals surface area contributed by atoms with Crippen LogP contribution in [-0.2, 0) is 16.0 Å². The molecule has 3 rings (SSSR count). The topological polar surface area (TPSA) is 87.1 Å². The number of nitrogens with zero attached hydrogens (tertiary/aromatic N) is 1. The first kappa shape index (κ1) is 20.9. The summed E-state index contributed by atoms with van der Waals surface area (Å²) in [6.45, 7) is 2.19. The molecule has 1 fully saturated rings. The van der Waals surface area contributed by atoms with E-state index in [-0.39, 0.29) is 16.5 Å². The van der Waals surface area contributed by atoms with Crippen molar-refractivity contribution >= 4 is 46.3 Å². The third-order valence-corrected chi connectivity index (χ3v) is 5.60. The smallest absolute Gasteiger partial charge is 0.327 e. The van der Waals surface area contributed by atoms with Crippen LogP contribution < -0.4 is 4.74 Å². The number of thioether (sulfide) groups is 1. The van der Waals surface area contributed by atoms with E-state index in [1.807, 2.05) is 30.3 Å². The highest BCUT2D eigenvalue weighted by molar-refractivity contribution is 8.26. The summed E-state index contributed by atoms with van der Waals surface area (Å²) in [7, 11) is 0. The number of rotatable bonds is 7. The van der Waals surface area contributed by atoms with E-state index in [1.54, 1.807) is 25.1 Å². The molecule has 0 bridgehead atoms. The van der Waals surface area contributed by atoms with Gasteiger partial charge in [0.05, 0.1) is 11.5 Å². The lowest BCUT2D eigenvalue weighted by atomic mass is 10.0. The Kier molecular flexibility index (Phi) is 6.56. The van der Waals surface area contributed by atoms with Crippen LogP contribution in [0.2, 0.25) is 0 Å². The number of carbonyl (C=O) groups excluding carboxylic acids is 1. The van der Waals surface area contributed by atoms with Crippen molar-refractivity contribution in [2.24, 2.45) is 0 Å². The summed E-state index contributed by atoms with van der Waals surface area (Å²) in [5, 5.41) is 19.5. The third kappa shape index (κ3) is 4.78. The van der Waals surface area contributed by atoms with E-state index in [0.717, 1.165) is 22.2 Å². The Hall–Kier alpha value is -2.84. The molecule has 1 saturated heterocycles. The minimum Gasteiger partial charge on any atom is -0.504 e. The zero-order chi connectivity index (χ0) is 21.0. The van der Waals surface area contributed by atoms with Crippen LogP contribution in [0.4, 0.5) is 0 Å². The Labute approximate surface area is 177 Å². The van der Waals surface area contributed by atoms with E-state index in [1.165, 1.54) is 6.07 Å². The van der Waals surface area contributed by atoms with Gasteiger partial charge in [0.15, 0.2) is 11.5 Å². The Balaban J connectivity index is 1.87. The van der Waals surface area contributed by atoms with Crippen molar-refractivity contribution < 1.29 is 24.5 Å². The van der Waals surface area contributed by atoms with Crippen LogP contribution in [0, 0.1) is 0 Å². The molecule has 1 amide bonds. The number of benzene rings is 2. The number of aromatic hydroxyl groups is 1. The molecule has 8 heteroatoms. The molecule has 0 radical (unpaired) electrons. The molecule has 1 aliphatic rings. The number of carboxylic acid groups (broad SMARTS) is 1. The first-order valence-electron chi connectivity index (χ1n) is 8.90. The van der Waals surface area contributed by atoms with Crippen molar-refractivity contribution in [3.8, 4) is 11.5 Å². The summed E-state index contributed by atoms with van der Waals surface area (Å²) in [5.74, 6) is -1.25. The van der Waals surface area contributed by atoms with E-state index in [4.69, 9.17) is 17.0 Å². The van der Waals surface area contributed by atoms with Crippen LogP contribution in [0.25, 0.3) is 6.08 Å². The van der Waals surface area contributed by atoms with Gasteiger partial charge < -0.3 is 14.9 Å². The van der Waals surface area contributed by atoms with Crippen LogP contribution in [0.3, 0.4) is 0 Å². The second-order valence-electron chi connectivity index (χ2n) is 6.26. The molecule has 1 aliphatic heterocycles. The molecule has 0 saturated carbocycles. The molecule has 1 heterocycles. The van der Waals surface area contributed by atoms with E-state index in [0.29, 0.717) is 22.8 Å². The molecular formula is C21H19NO5S2. The number of hydrogen-bond donors (Lipinski definition) is 2. The molecule has 2 aromatic carbocycles. The summed E-state index contributed by atoms with van der Waals surface area (Å²) in [5.41, 5.74) is 1.44. The van der Waals surface area contributed by atoms with Crippen molar-refractivity contribution in [3.63, 3.8) is 0 Å². The number of hydrogen-bond acceptors (Lipinski definition) is 6. The maximum Gasteiger partial charge on any atom is 0.327 e. The Morgan fingerprint density at radius 3 is 2.66 bits per heavy atom. The van der Waals surface area contributed by atoms with Crippen molar-refractivity contribution in [3.05, 3.63) is 64.6 Å². The van der Waals surface area contributed by atoms with E-state index in [9.17, 15) is 19.8 Å². The van der Waals surface area contributed by atoms with Gasteiger partial charge in [-0.3, -0.25) is 9.69 Å². The molecule has 2 aromatic rings. The van der Waals surface area contributed by atoms with Crippen LogP contribution >= 0.6 is 24.0 Å². The number of carboxylic acids is 1. The molecule has 0 unspecified atom stereocenters. The maximum absolute atomic E-state index is 12.9. The second-order valence-corrected chi connectivity index (χ2v) is 7.93. The van der Waals surface area contributed by atoms with Gasteiger partial charge in [0.1, 0.15) is 10.4 Å². The quantitative estimate of drug-likeness (QED) is 0.513. The summed E-state index contributed by atoms with van der Waals surface area (Å²) < 4.78 is 5.56. The second kappa shape index (κ2) is 9.11. The lowest BCUT2D eigenvalue weighted by Crippen LogP contribution is -2.45. The molecular weight excluding hydrogens is 410 g/mol. The molecule has 1 atom stereocenters. The highest BCUT2D eigenvalue weighted by Gasteiger charge is 2.40. The van der Waals surface area contributed by atoms with Crippen LogP contribution in [0.15, 0.2) is 53.4 Å². The van der Waals surface area contributed by atoms with E-state index in [2.05, 4.69) is 0 Å². The zero-order valence-corrected chi connectivity index (χ0v) is 17.2. The Morgan fingerprint density at radius 1 is 1.28 bits per heavy atom. The average molecular weight is 430 g/mol. The number of ether oxygens (including phenoxy) is 1. The number of amides is 1. The van der Waals surface area contributed by atoms with Crippen LogP contribution in [-0.4, -0.2) is 44.0 Å². The number of aliphatic carboxylic acids is 1. The molecule has 0 aliphatic carbocycles. The van der Waals surface area contributed by atoms with Gasteiger partial charge in [-0.15, -0.1) is 0 Å². The third-order valence-electron chi connectivity index (χ3n) is 4.27. The number of carbonyl (C=O) groups is 2. The molecule has 150 valence electrons. The number of phenolic OH excluding ortho intramolecular Hbond substituents is 1. The molecule has 29 heavy (non-hydrogen) atoms. The first-order valence-corrected chi connectivity index (χ1v) is 10.1. The van der Waals surface area contributed by atoms with Crippen molar-refractivity contribution in [2.45, 2.75) is 19.4 Å². The van der Waals surface area contributed by atoms with Gasteiger partial charge in [-0.25, -0.2) is 4.79 Å². The predicted octanol–water partition coefficient (Wildman–Crippen LogP) is 3.69. The summed E-state index contributed by atoms with van der Waals surface area (Å²) >= 11 is 6.37. The average Bonchev–Trinajstić information content (AvgIpc) is 2.96. The molecule has 6 nitrogen and oxygen atoms in total. The first-order chi connectivity index (χ1) is 13.9. The minimum atomic E-state index is -1.12. The standard InChI is InChI=1S/C21H19NO5S2/c1-2-27-17-11-14(8-9-16(17)23)12-18-19(24)22(21(28)29-18)15(20(25)26)10-13-6-4-3-5-7-13/h3-9,11-12,15,23H,2,10H2,1H3,(H,25,26)/b18-12+/t15-/m0/s1. The summed E-state index contributed by atoms with van der Waals surface area (Å²) in [6, 6.07) is 12.8. The van der Waals surface area contributed by atoms with Gasteiger partial charge in [0, 0.05) is 6.42 Å². The lowest BCUT2D eigenvalue weighted by Gasteiger charge is -2.23. The van der Waals surface area contributed by atoms with Crippen molar-refractivity contribution in [2.75, 3.05) is 6.61 Å². The molecule has 2 N–H and O–H groups in total. The fraction of sp³-hybridized carbons (Fsp3) is 0.190. The predicted molar refractivity (Wildman–Crippen MR) is 116 cm³/mol. The van der Waals surface area contributed by atoms with Gasteiger partial charge in [0.25, 0.3) is 5.91 Å².